The zero-order chi connectivity index (χ0) is 56.9. The maximum absolute atomic E-state index is 14.3. The van der Waals surface area contributed by atoms with Gasteiger partial charge in [0.1, 0.15) is 36.5 Å². The molecule has 0 spiro atoms. The number of amides is 9. The number of likely N-dealkylation sites (N-methyl/N-ethyl adjacent to an activating group) is 1. The lowest BCUT2D eigenvalue weighted by molar-refractivity contribution is -0.135. The molecule has 77 heavy (non-hydrogen) atoms. The summed E-state index contributed by atoms with van der Waals surface area (Å²) in [5.74, 6) is -7.27. The van der Waals surface area contributed by atoms with Crippen molar-refractivity contribution in [2.24, 2.45) is 22.9 Å². The Balaban J connectivity index is 1.78. The number of aromatic nitrogens is 1. The Morgan fingerprint density at radius 3 is 1.61 bits per heavy atom. The van der Waals surface area contributed by atoms with Crippen molar-refractivity contribution in [2.75, 3.05) is 26.7 Å². The fourth-order valence-electron chi connectivity index (χ4n) is 8.05. The number of fused-ring (bicyclic) bond motifs is 1. The standard InChI is InChI=1S/C50H75N17O10/c1-29(69)62-36(16-10-24-60-50(55)56)44(73)65-37(17-9-22-58-42(71)21-19-35(43(52)72)64-47(76)39(57-2)26-31-27-61-34-15-7-6-14-33(31)34)45(74)66-38(18-20-41(51)70)46(75)67-40(25-30-11-4-3-5-12-30)48(77)63-32(28-68)13-8-23-59-49(53)54/h3-7,11-12,14-15,27-28,32,35-40,57,61H,8-10,13,16-26H2,1-2H3,(H2,51,70)(H2,52,72)(H,58,71)(H,62,69)(H,63,77)(H,64,76)(H,65,73)(H,66,74)(H,67,75)(H4,53,54,59)(H4,55,56,60)/t32-,35?,36-,37?,38-,39-,40?/m0/s1. The number of rotatable bonds is 36. The Labute approximate surface area is 445 Å². The quantitative estimate of drug-likeness (QED) is 0.0117. The average molecular weight is 1070 g/mol. The number of para-hydroxylation sites is 1. The van der Waals surface area contributed by atoms with Crippen molar-refractivity contribution in [1.29, 1.82) is 10.8 Å². The highest BCUT2D eigenvalue weighted by Crippen LogP contribution is 2.19. The number of hydrogen-bond donors (Lipinski definition) is 17. The number of benzene rings is 2. The van der Waals surface area contributed by atoms with Crippen molar-refractivity contribution < 1.29 is 47.9 Å². The van der Waals surface area contributed by atoms with Crippen molar-refractivity contribution >= 4 is 82.3 Å². The van der Waals surface area contributed by atoms with E-state index in [1.165, 1.54) is 6.92 Å². The lowest BCUT2D eigenvalue weighted by Crippen LogP contribution is -2.59. The van der Waals surface area contributed by atoms with E-state index >= 15 is 0 Å². The summed E-state index contributed by atoms with van der Waals surface area (Å²) in [6.45, 7) is 1.54. The molecule has 3 rings (SSSR count). The molecule has 0 radical (unpaired) electrons. The van der Waals surface area contributed by atoms with Gasteiger partial charge in [0.05, 0.1) is 12.1 Å². The van der Waals surface area contributed by atoms with E-state index in [0.29, 0.717) is 18.3 Å². The first-order valence-corrected chi connectivity index (χ1v) is 25.2. The molecule has 0 aliphatic carbocycles. The number of aromatic amines is 1. The summed E-state index contributed by atoms with van der Waals surface area (Å²) in [7, 11) is 1.60. The minimum absolute atomic E-state index is 0.0330. The van der Waals surface area contributed by atoms with Crippen LogP contribution in [0.4, 0.5) is 0 Å². The van der Waals surface area contributed by atoms with Gasteiger partial charge < -0.3 is 85.9 Å². The molecule has 0 bridgehead atoms. The number of guanidine groups is 2. The van der Waals surface area contributed by atoms with E-state index < -0.39 is 102 Å². The minimum Gasteiger partial charge on any atom is -0.370 e. The Hall–Kier alpha value is -8.62. The van der Waals surface area contributed by atoms with Crippen LogP contribution in [0.3, 0.4) is 0 Å². The molecule has 3 aromatic rings. The van der Waals surface area contributed by atoms with E-state index in [0.717, 1.165) is 16.5 Å². The second-order valence-corrected chi connectivity index (χ2v) is 18.2. The molecule has 27 heteroatoms. The van der Waals surface area contributed by atoms with Gasteiger partial charge in [-0.05, 0) is 82.0 Å². The van der Waals surface area contributed by atoms with Gasteiger partial charge in [0.25, 0.3) is 0 Å². The van der Waals surface area contributed by atoms with Crippen LogP contribution in [-0.4, -0.2) is 145 Å². The lowest BCUT2D eigenvalue weighted by Gasteiger charge is -2.27. The molecule has 3 unspecified atom stereocenters. The van der Waals surface area contributed by atoms with Crippen molar-refractivity contribution in [1.82, 2.24) is 58.2 Å². The highest BCUT2D eigenvalue weighted by molar-refractivity contribution is 5.96. The Morgan fingerprint density at radius 2 is 1.05 bits per heavy atom. The van der Waals surface area contributed by atoms with Crippen LogP contribution in [0.5, 0.6) is 0 Å². The molecule has 0 aliphatic heterocycles. The van der Waals surface area contributed by atoms with E-state index in [9.17, 15) is 47.9 Å². The molecule has 7 atom stereocenters. The third-order valence-electron chi connectivity index (χ3n) is 12.1. The van der Waals surface area contributed by atoms with Crippen LogP contribution < -0.4 is 76.1 Å². The van der Waals surface area contributed by atoms with Crippen molar-refractivity contribution in [3.8, 4) is 0 Å². The van der Waals surface area contributed by atoms with E-state index in [1.807, 2.05) is 24.3 Å². The first kappa shape index (κ1) is 62.7. The molecule has 1 heterocycles. The summed E-state index contributed by atoms with van der Waals surface area (Å²) in [5.41, 5.74) is 24.2. The normalized spacial score (nSPS) is 13.6. The Morgan fingerprint density at radius 1 is 0.558 bits per heavy atom. The fourth-order valence-corrected chi connectivity index (χ4v) is 8.05. The monoisotopic (exact) mass is 1070 g/mol. The summed E-state index contributed by atoms with van der Waals surface area (Å²) in [5, 5.41) is 42.1. The number of primary amides is 2. The van der Waals surface area contributed by atoms with Crippen LogP contribution >= 0.6 is 0 Å². The summed E-state index contributed by atoms with van der Waals surface area (Å²) >= 11 is 0. The highest BCUT2D eigenvalue weighted by Gasteiger charge is 2.32. The van der Waals surface area contributed by atoms with Gasteiger partial charge in [0.15, 0.2) is 11.9 Å². The molecule has 420 valence electrons. The fraction of sp³-hybridized carbons (Fsp3) is 0.480. The molecule has 21 N–H and O–H groups in total. The molecule has 0 fully saturated rings. The summed E-state index contributed by atoms with van der Waals surface area (Å²) < 4.78 is 0. The van der Waals surface area contributed by atoms with Crippen LogP contribution in [0.25, 0.3) is 10.9 Å². The van der Waals surface area contributed by atoms with E-state index in [1.54, 1.807) is 43.6 Å². The molecule has 0 saturated heterocycles. The largest absolute Gasteiger partial charge is 0.370 e. The highest BCUT2D eigenvalue weighted by atomic mass is 16.2. The van der Waals surface area contributed by atoms with Crippen LogP contribution in [0.1, 0.15) is 82.3 Å². The zero-order valence-electron chi connectivity index (χ0n) is 43.4. The Kier molecular flexibility index (Phi) is 27.1. The van der Waals surface area contributed by atoms with Gasteiger partial charge in [-0.3, -0.25) is 54.0 Å². The zero-order valence-corrected chi connectivity index (χ0v) is 43.4. The Bertz CT molecular complexity index is 2510. The second kappa shape index (κ2) is 33.3. The van der Waals surface area contributed by atoms with Crippen molar-refractivity contribution in [3.05, 3.63) is 71.9 Å². The van der Waals surface area contributed by atoms with Gasteiger partial charge >= 0.3 is 0 Å². The molecule has 0 aliphatic rings. The predicted molar refractivity (Wildman–Crippen MR) is 286 cm³/mol. The smallest absolute Gasteiger partial charge is 0.243 e. The van der Waals surface area contributed by atoms with Gasteiger partial charge in [0, 0.05) is 62.9 Å². The van der Waals surface area contributed by atoms with Crippen LogP contribution in [-0.2, 0) is 60.8 Å². The molecular weight excluding hydrogens is 999 g/mol. The van der Waals surface area contributed by atoms with Gasteiger partial charge in [-0.2, -0.15) is 0 Å². The van der Waals surface area contributed by atoms with Crippen LogP contribution in [0, 0.1) is 10.8 Å². The SMILES string of the molecule is CN[C@@H](Cc1c[nH]c2ccccc12)C(=O)NC(CCC(=O)NCCCC(NC(=O)[C@H](CCCNC(=N)N)NC(C)=O)C(=O)N[C@@H](CCC(N)=O)C(=O)NC(Cc1ccccc1)C(=O)N[C@H](C=O)CCCNC(=N)N)C(N)=O. The molecule has 0 saturated carbocycles. The number of carbonyl (C=O) groups excluding carboxylic acids is 10. The molecule has 2 aromatic carbocycles. The summed E-state index contributed by atoms with van der Waals surface area (Å²) in [4.78, 5) is 134. The number of nitrogens with two attached hydrogens (primary N) is 4. The third kappa shape index (κ3) is 23.6. The van der Waals surface area contributed by atoms with Crippen molar-refractivity contribution in [2.45, 2.75) is 126 Å². The first-order valence-electron chi connectivity index (χ1n) is 25.2. The average Bonchev–Trinajstić information content (AvgIpc) is 3.80. The van der Waals surface area contributed by atoms with Gasteiger partial charge in [-0.15, -0.1) is 0 Å². The number of aldehydes is 1. The van der Waals surface area contributed by atoms with Crippen LogP contribution in [0.2, 0.25) is 0 Å². The minimum atomic E-state index is -1.53. The third-order valence-corrected chi connectivity index (χ3v) is 12.1. The van der Waals surface area contributed by atoms with Gasteiger partial charge in [-0.1, -0.05) is 48.5 Å². The van der Waals surface area contributed by atoms with Gasteiger partial charge in [0.2, 0.25) is 53.2 Å². The van der Waals surface area contributed by atoms with Crippen molar-refractivity contribution in [3.63, 3.8) is 0 Å². The number of nitrogens with one attached hydrogen (secondary N) is 13. The lowest BCUT2D eigenvalue weighted by atomic mass is 10.0. The maximum Gasteiger partial charge on any atom is 0.243 e. The predicted octanol–water partition coefficient (Wildman–Crippen LogP) is -3.38. The number of carbonyl (C=O) groups is 10. The van der Waals surface area contributed by atoms with E-state index in [2.05, 4.69) is 58.2 Å². The summed E-state index contributed by atoms with van der Waals surface area (Å²) in [6, 6.07) is 7.77. The molecule has 1 aromatic heterocycles. The van der Waals surface area contributed by atoms with Gasteiger partial charge in [-0.25, -0.2) is 0 Å². The van der Waals surface area contributed by atoms with E-state index in [-0.39, 0.29) is 95.8 Å². The first-order chi connectivity index (χ1) is 36.7. The number of hydrogen-bond acceptors (Lipinski definition) is 13. The molecular formula is C50H75N17O10. The molecule has 27 nitrogen and oxygen atoms in total. The summed E-state index contributed by atoms with van der Waals surface area (Å²) in [6.07, 6.45) is 2.05. The maximum atomic E-state index is 14.3. The number of H-pyrrole nitrogens is 1. The van der Waals surface area contributed by atoms with Crippen LogP contribution in [0.15, 0.2) is 60.8 Å². The second-order valence-electron chi connectivity index (χ2n) is 18.2. The molecule has 9 amide bonds. The topological polar surface area (TPSA) is 459 Å². The van der Waals surface area contributed by atoms with E-state index in [4.69, 9.17) is 33.8 Å².